The Morgan fingerprint density at radius 2 is 2.18 bits per heavy atom. The normalized spacial score (nSPS) is 25.4. The van der Waals surface area contributed by atoms with Crippen LogP contribution in [0.15, 0.2) is 6.20 Å². The van der Waals surface area contributed by atoms with E-state index in [1.807, 2.05) is 13.3 Å². The maximum Gasteiger partial charge on any atom is 0.180 e. The minimum Gasteiger partial charge on any atom is -0.381 e. The van der Waals surface area contributed by atoms with Crippen LogP contribution in [-0.2, 0) is 11.3 Å². The van der Waals surface area contributed by atoms with Crippen molar-refractivity contribution in [3.63, 3.8) is 0 Å². The van der Waals surface area contributed by atoms with Crippen LogP contribution in [0.2, 0.25) is 0 Å². The molecule has 0 aliphatic heterocycles. The average Bonchev–Trinajstić information content (AvgIpc) is 2.75. The molecule has 0 unspecified atom stereocenters. The van der Waals surface area contributed by atoms with Gasteiger partial charge in [-0.3, -0.25) is 4.90 Å². The van der Waals surface area contributed by atoms with Gasteiger partial charge in [0.1, 0.15) is 0 Å². The van der Waals surface area contributed by atoms with Crippen LogP contribution in [0.3, 0.4) is 0 Å². The molecule has 1 aromatic rings. The lowest BCUT2D eigenvalue weighted by Crippen LogP contribution is -2.36. The first-order valence-electron chi connectivity index (χ1n) is 6.12. The van der Waals surface area contributed by atoms with Gasteiger partial charge < -0.3 is 10.5 Å². The van der Waals surface area contributed by atoms with Crippen molar-refractivity contribution in [2.75, 3.05) is 19.9 Å². The third kappa shape index (κ3) is 3.40. The molecule has 0 spiro atoms. The van der Waals surface area contributed by atoms with Crippen molar-refractivity contribution >= 4 is 16.5 Å². The summed E-state index contributed by atoms with van der Waals surface area (Å²) in [4.78, 5) is 7.75. The highest BCUT2D eigenvalue weighted by Crippen LogP contribution is 2.26. The molecular formula is C12H21N3OS. The molecule has 1 aliphatic carbocycles. The molecule has 2 N–H and O–H groups in total. The van der Waals surface area contributed by atoms with Gasteiger partial charge in [0, 0.05) is 30.8 Å². The summed E-state index contributed by atoms with van der Waals surface area (Å²) in [7, 11) is 4.00. The molecule has 0 bridgehead atoms. The summed E-state index contributed by atoms with van der Waals surface area (Å²) in [5.41, 5.74) is 5.64. The standard InChI is InChI=1S/C12H21N3OS/c1-15(8-11-7-14-12(13)17-11)9-3-5-10(16-2)6-4-9/h7,9-10H,3-6,8H2,1-2H3,(H2,13,14). The summed E-state index contributed by atoms with van der Waals surface area (Å²) in [5.74, 6) is 0. The van der Waals surface area contributed by atoms with Crippen molar-refractivity contribution in [1.82, 2.24) is 9.88 Å². The maximum absolute atomic E-state index is 5.64. The molecule has 5 heteroatoms. The van der Waals surface area contributed by atoms with Crippen molar-refractivity contribution in [3.8, 4) is 0 Å². The first-order chi connectivity index (χ1) is 8.19. The predicted octanol–water partition coefficient (Wildman–Crippen LogP) is 2.11. The third-order valence-electron chi connectivity index (χ3n) is 3.58. The van der Waals surface area contributed by atoms with E-state index in [1.54, 1.807) is 11.3 Å². The Balaban J connectivity index is 1.82. The quantitative estimate of drug-likeness (QED) is 0.895. The van der Waals surface area contributed by atoms with Gasteiger partial charge in [-0.1, -0.05) is 0 Å². The summed E-state index contributed by atoms with van der Waals surface area (Å²) in [5, 5.41) is 0.663. The molecule has 0 saturated heterocycles. The zero-order chi connectivity index (χ0) is 12.3. The minimum atomic E-state index is 0.471. The van der Waals surface area contributed by atoms with Gasteiger partial charge in [-0.15, -0.1) is 11.3 Å². The Bertz CT molecular complexity index is 347. The van der Waals surface area contributed by atoms with Crippen molar-refractivity contribution in [1.29, 1.82) is 0 Å². The summed E-state index contributed by atoms with van der Waals surface area (Å²) in [6.07, 6.45) is 7.16. The molecule has 96 valence electrons. The number of hydrogen-bond acceptors (Lipinski definition) is 5. The Kier molecular flexibility index (Phi) is 4.36. The first kappa shape index (κ1) is 12.8. The number of methoxy groups -OCH3 is 1. The zero-order valence-corrected chi connectivity index (χ0v) is 11.4. The number of hydrogen-bond donors (Lipinski definition) is 1. The Morgan fingerprint density at radius 1 is 1.47 bits per heavy atom. The SMILES string of the molecule is COC1CCC(N(C)Cc2cnc(N)s2)CC1. The highest BCUT2D eigenvalue weighted by molar-refractivity contribution is 7.15. The van der Waals surface area contributed by atoms with E-state index in [4.69, 9.17) is 10.5 Å². The Morgan fingerprint density at radius 3 is 2.71 bits per heavy atom. The van der Waals surface area contributed by atoms with Gasteiger partial charge in [0.05, 0.1) is 6.10 Å². The average molecular weight is 255 g/mol. The zero-order valence-electron chi connectivity index (χ0n) is 10.6. The lowest BCUT2D eigenvalue weighted by Gasteiger charge is -2.33. The van der Waals surface area contributed by atoms with Crippen LogP contribution in [0, 0.1) is 0 Å². The molecule has 4 nitrogen and oxygen atoms in total. The van der Waals surface area contributed by atoms with Gasteiger partial charge >= 0.3 is 0 Å². The van der Waals surface area contributed by atoms with E-state index in [9.17, 15) is 0 Å². The van der Waals surface area contributed by atoms with Gasteiger partial charge in [-0.25, -0.2) is 4.98 Å². The molecule has 2 rings (SSSR count). The van der Waals surface area contributed by atoms with Crippen LogP contribution in [0.5, 0.6) is 0 Å². The van der Waals surface area contributed by atoms with E-state index in [0.717, 1.165) is 6.54 Å². The molecule has 1 aliphatic rings. The smallest absolute Gasteiger partial charge is 0.180 e. The molecule has 0 amide bonds. The fraction of sp³-hybridized carbons (Fsp3) is 0.750. The van der Waals surface area contributed by atoms with Gasteiger partial charge in [0.25, 0.3) is 0 Å². The number of thiazole rings is 1. The second kappa shape index (κ2) is 5.80. The molecule has 0 radical (unpaired) electrons. The van der Waals surface area contributed by atoms with Gasteiger partial charge in [0.2, 0.25) is 0 Å². The Labute approximate surface area is 107 Å². The van der Waals surface area contributed by atoms with Gasteiger partial charge in [-0.05, 0) is 32.7 Å². The van der Waals surface area contributed by atoms with E-state index in [-0.39, 0.29) is 0 Å². The van der Waals surface area contributed by atoms with E-state index >= 15 is 0 Å². The maximum atomic E-state index is 5.64. The largest absolute Gasteiger partial charge is 0.381 e. The topological polar surface area (TPSA) is 51.4 Å². The molecule has 1 saturated carbocycles. The number of ether oxygens (including phenoxy) is 1. The van der Waals surface area contributed by atoms with Crippen LogP contribution in [0.1, 0.15) is 30.6 Å². The van der Waals surface area contributed by atoms with E-state index in [0.29, 0.717) is 17.3 Å². The summed E-state index contributed by atoms with van der Waals surface area (Å²) in [6.45, 7) is 0.956. The lowest BCUT2D eigenvalue weighted by atomic mass is 9.92. The molecule has 1 aromatic heterocycles. The minimum absolute atomic E-state index is 0.471. The highest BCUT2D eigenvalue weighted by atomic mass is 32.1. The molecular weight excluding hydrogens is 234 g/mol. The second-order valence-electron chi connectivity index (χ2n) is 4.75. The predicted molar refractivity (Wildman–Crippen MR) is 71.0 cm³/mol. The van der Waals surface area contributed by atoms with Crippen LogP contribution in [0.4, 0.5) is 5.13 Å². The van der Waals surface area contributed by atoms with E-state index < -0.39 is 0 Å². The summed E-state index contributed by atoms with van der Waals surface area (Å²) < 4.78 is 5.40. The number of nitrogens with two attached hydrogens (primary N) is 1. The molecule has 0 aromatic carbocycles. The second-order valence-corrected chi connectivity index (χ2v) is 5.89. The van der Waals surface area contributed by atoms with Crippen LogP contribution in [0.25, 0.3) is 0 Å². The van der Waals surface area contributed by atoms with Crippen molar-refractivity contribution in [2.24, 2.45) is 0 Å². The Hall–Kier alpha value is -0.650. The van der Waals surface area contributed by atoms with Crippen molar-refractivity contribution in [2.45, 2.75) is 44.4 Å². The number of anilines is 1. The number of nitrogen functional groups attached to an aromatic ring is 1. The van der Waals surface area contributed by atoms with E-state index in [1.165, 1.54) is 30.6 Å². The monoisotopic (exact) mass is 255 g/mol. The molecule has 17 heavy (non-hydrogen) atoms. The van der Waals surface area contributed by atoms with E-state index in [2.05, 4.69) is 16.9 Å². The lowest BCUT2D eigenvalue weighted by molar-refractivity contribution is 0.0429. The molecule has 1 heterocycles. The van der Waals surface area contributed by atoms with Crippen molar-refractivity contribution in [3.05, 3.63) is 11.1 Å². The van der Waals surface area contributed by atoms with Crippen LogP contribution in [-0.4, -0.2) is 36.2 Å². The van der Waals surface area contributed by atoms with Crippen LogP contribution >= 0.6 is 11.3 Å². The van der Waals surface area contributed by atoms with Crippen LogP contribution < -0.4 is 5.73 Å². The fourth-order valence-electron chi connectivity index (χ4n) is 2.49. The summed E-state index contributed by atoms with van der Waals surface area (Å²) in [6, 6.07) is 0.671. The number of nitrogens with zero attached hydrogens (tertiary/aromatic N) is 2. The summed E-state index contributed by atoms with van der Waals surface area (Å²) >= 11 is 1.59. The van der Waals surface area contributed by atoms with Gasteiger partial charge in [0.15, 0.2) is 5.13 Å². The molecule has 0 atom stereocenters. The molecule has 1 fully saturated rings. The van der Waals surface area contributed by atoms with Crippen molar-refractivity contribution < 1.29 is 4.74 Å². The first-order valence-corrected chi connectivity index (χ1v) is 6.94. The number of aromatic nitrogens is 1. The van der Waals surface area contributed by atoms with Gasteiger partial charge in [-0.2, -0.15) is 0 Å². The fourth-order valence-corrected chi connectivity index (χ4v) is 3.24. The third-order valence-corrected chi connectivity index (χ3v) is 4.39. The highest BCUT2D eigenvalue weighted by Gasteiger charge is 2.23. The number of rotatable bonds is 4.